The highest BCUT2D eigenvalue weighted by atomic mass is 15.4. The lowest BCUT2D eigenvalue weighted by Crippen LogP contribution is -2.26. The lowest BCUT2D eigenvalue weighted by molar-refractivity contribution is 0.994. The molecule has 4 rings (SSSR count). The molecule has 0 spiro atoms. The Balaban J connectivity index is 1.42. The number of nitrogens with two attached hydrogens (primary N) is 1. The predicted octanol–water partition coefficient (Wildman–Crippen LogP) is 2.92. The van der Waals surface area contributed by atoms with Crippen LogP contribution in [0.4, 0.5) is 0 Å². The van der Waals surface area contributed by atoms with Crippen LogP contribution in [0.1, 0.15) is 11.1 Å². The molecule has 0 unspecified atom stereocenters. The van der Waals surface area contributed by atoms with Gasteiger partial charge in [-0.05, 0) is 12.1 Å². The van der Waals surface area contributed by atoms with Crippen molar-refractivity contribution in [3.8, 4) is 0 Å². The van der Waals surface area contributed by atoms with Crippen LogP contribution in [0.2, 0.25) is 0 Å². The second-order valence-corrected chi connectivity index (χ2v) is 5.68. The molecule has 0 radical (unpaired) electrons. The second kappa shape index (κ2) is 6.94. The Labute approximate surface area is 149 Å². The Morgan fingerprint density at radius 2 is 1.42 bits per heavy atom. The van der Waals surface area contributed by atoms with Gasteiger partial charge in [0.25, 0.3) is 0 Å². The number of fused-ring (bicyclic) bond motifs is 2. The molecule has 5 N–H and O–H groups in total. The number of benzene rings is 2. The number of hydrazone groups is 1. The van der Waals surface area contributed by atoms with E-state index < -0.39 is 0 Å². The highest BCUT2D eigenvalue weighted by molar-refractivity contribution is 6.00. The van der Waals surface area contributed by atoms with Gasteiger partial charge in [-0.3, -0.25) is 0 Å². The fourth-order valence-corrected chi connectivity index (χ4v) is 2.75. The van der Waals surface area contributed by atoms with Gasteiger partial charge in [0.05, 0.1) is 12.4 Å². The van der Waals surface area contributed by atoms with Crippen LogP contribution in [0.5, 0.6) is 0 Å². The van der Waals surface area contributed by atoms with Gasteiger partial charge in [-0.2, -0.15) is 10.2 Å². The summed E-state index contributed by atoms with van der Waals surface area (Å²) in [5.74, 6) is 0.109. The first-order chi connectivity index (χ1) is 12.8. The number of hydrogen-bond donors (Lipinski definition) is 4. The average Bonchev–Trinajstić information content (AvgIpc) is 3.27. The monoisotopic (exact) mass is 343 g/mol. The zero-order valence-corrected chi connectivity index (χ0v) is 13.8. The molecular weight excluding hydrogens is 326 g/mol. The number of H-pyrrole nitrogens is 2. The largest absolute Gasteiger partial charge is 0.367 e. The van der Waals surface area contributed by atoms with Gasteiger partial charge in [0.2, 0.25) is 5.96 Å². The number of guanidine groups is 1. The van der Waals surface area contributed by atoms with Gasteiger partial charge in [-0.25, -0.2) is 5.43 Å². The van der Waals surface area contributed by atoms with Crippen molar-refractivity contribution in [2.45, 2.75) is 0 Å². The molecule has 0 aliphatic carbocycles. The summed E-state index contributed by atoms with van der Waals surface area (Å²) in [5.41, 5.74) is 12.4. The van der Waals surface area contributed by atoms with E-state index in [0.29, 0.717) is 0 Å². The fraction of sp³-hybridized carbons (Fsp3) is 0. The van der Waals surface area contributed by atoms with Crippen LogP contribution >= 0.6 is 0 Å². The Hall–Kier alpha value is -3.87. The summed E-state index contributed by atoms with van der Waals surface area (Å²) in [6.07, 6.45) is 7.10. The number of para-hydroxylation sites is 2. The highest BCUT2D eigenvalue weighted by Crippen LogP contribution is 2.16. The maximum atomic E-state index is 5.77. The highest BCUT2D eigenvalue weighted by Gasteiger charge is 2.00. The molecule has 0 saturated carbocycles. The molecule has 0 aliphatic heterocycles. The number of aromatic amines is 2. The molecule has 128 valence electrons. The third-order valence-electron chi connectivity index (χ3n) is 3.99. The first kappa shape index (κ1) is 15.6. The predicted molar refractivity (Wildman–Crippen MR) is 107 cm³/mol. The number of hydrogen-bond acceptors (Lipinski definition) is 3. The number of nitrogens with zero attached hydrogens (tertiary/aromatic N) is 3. The molecule has 4 aromatic rings. The zero-order chi connectivity index (χ0) is 17.8. The van der Waals surface area contributed by atoms with Crippen LogP contribution in [0.3, 0.4) is 0 Å². The van der Waals surface area contributed by atoms with Crippen LogP contribution in [0.15, 0.2) is 76.2 Å². The van der Waals surface area contributed by atoms with Crippen molar-refractivity contribution in [2.75, 3.05) is 0 Å². The third-order valence-corrected chi connectivity index (χ3v) is 3.99. The van der Waals surface area contributed by atoms with Gasteiger partial charge >= 0.3 is 0 Å². The summed E-state index contributed by atoms with van der Waals surface area (Å²) in [5, 5.41) is 14.2. The van der Waals surface area contributed by atoms with Crippen LogP contribution in [-0.2, 0) is 0 Å². The van der Waals surface area contributed by atoms with Crippen molar-refractivity contribution in [1.82, 2.24) is 15.4 Å². The summed E-state index contributed by atoms with van der Waals surface area (Å²) in [6.45, 7) is 0. The number of aromatic nitrogens is 2. The molecule has 0 saturated heterocycles. The molecule has 0 atom stereocenters. The topological polar surface area (TPSA) is 107 Å². The van der Waals surface area contributed by atoms with E-state index in [1.54, 1.807) is 12.4 Å². The smallest absolute Gasteiger partial charge is 0.234 e. The lowest BCUT2D eigenvalue weighted by atomic mass is 10.2. The number of nitrogens with one attached hydrogen (secondary N) is 3. The minimum atomic E-state index is 0.109. The normalized spacial score (nSPS) is 12.7. The van der Waals surface area contributed by atoms with E-state index in [1.807, 2.05) is 60.9 Å². The minimum Gasteiger partial charge on any atom is -0.367 e. The summed E-state index contributed by atoms with van der Waals surface area (Å²) >= 11 is 0. The molecule has 2 heterocycles. The van der Waals surface area contributed by atoms with Gasteiger partial charge in [-0.15, -0.1) is 5.10 Å². The Bertz CT molecular complexity index is 1130. The maximum Gasteiger partial charge on any atom is 0.234 e. The van der Waals surface area contributed by atoms with Crippen molar-refractivity contribution in [2.24, 2.45) is 21.0 Å². The molecule has 0 fully saturated rings. The van der Waals surface area contributed by atoms with Gasteiger partial charge in [-0.1, -0.05) is 36.4 Å². The molecule has 2 aromatic carbocycles. The van der Waals surface area contributed by atoms with E-state index in [1.165, 1.54) is 0 Å². The van der Waals surface area contributed by atoms with Crippen LogP contribution in [0.25, 0.3) is 21.8 Å². The van der Waals surface area contributed by atoms with E-state index >= 15 is 0 Å². The zero-order valence-electron chi connectivity index (χ0n) is 13.8. The van der Waals surface area contributed by atoms with Crippen molar-refractivity contribution in [3.05, 3.63) is 72.1 Å². The fourth-order valence-electron chi connectivity index (χ4n) is 2.75. The SMILES string of the molecule is NC(=NN=Cc1c[nH]c2ccccc12)NN=Cc1c[nH]c2ccccc12. The van der Waals surface area contributed by atoms with Crippen molar-refractivity contribution < 1.29 is 0 Å². The minimum absolute atomic E-state index is 0.109. The quantitative estimate of drug-likeness (QED) is 0.260. The lowest BCUT2D eigenvalue weighted by Gasteiger charge is -1.95. The first-order valence-electron chi connectivity index (χ1n) is 8.09. The third kappa shape index (κ3) is 3.18. The van der Waals surface area contributed by atoms with Crippen molar-refractivity contribution >= 4 is 40.2 Å². The van der Waals surface area contributed by atoms with Crippen molar-refractivity contribution in [1.29, 1.82) is 0 Å². The second-order valence-electron chi connectivity index (χ2n) is 5.68. The first-order valence-corrected chi connectivity index (χ1v) is 8.09. The Kier molecular flexibility index (Phi) is 4.17. The van der Waals surface area contributed by atoms with Gasteiger partial charge in [0, 0.05) is 45.3 Å². The molecular formula is C19H17N7. The summed E-state index contributed by atoms with van der Waals surface area (Å²) in [4.78, 5) is 6.36. The summed E-state index contributed by atoms with van der Waals surface area (Å²) < 4.78 is 0. The number of rotatable bonds is 4. The molecule has 7 nitrogen and oxygen atoms in total. The van der Waals surface area contributed by atoms with E-state index in [2.05, 4.69) is 30.7 Å². The van der Waals surface area contributed by atoms with E-state index in [9.17, 15) is 0 Å². The summed E-state index contributed by atoms with van der Waals surface area (Å²) in [7, 11) is 0. The average molecular weight is 343 g/mol. The molecule has 0 bridgehead atoms. The molecule has 26 heavy (non-hydrogen) atoms. The van der Waals surface area contributed by atoms with Gasteiger partial charge in [0.15, 0.2) is 0 Å². The van der Waals surface area contributed by atoms with E-state index in [0.717, 1.165) is 32.9 Å². The molecule has 0 aliphatic rings. The Morgan fingerprint density at radius 3 is 2.08 bits per heavy atom. The van der Waals surface area contributed by atoms with Crippen LogP contribution < -0.4 is 11.2 Å². The molecule has 0 amide bonds. The van der Waals surface area contributed by atoms with Crippen LogP contribution in [0, 0.1) is 0 Å². The Morgan fingerprint density at radius 1 is 0.846 bits per heavy atom. The van der Waals surface area contributed by atoms with E-state index in [4.69, 9.17) is 5.73 Å². The maximum absolute atomic E-state index is 5.77. The molecule has 2 aromatic heterocycles. The van der Waals surface area contributed by atoms with Crippen molar-refractivity contribution in [3.63, 3.8) is 0 Å². The van der Waals surface area contributed by atoms with Gasteiger partial charge in [0.1, 0.15) is 0 Å². The van der Waals surface area contributed by atoms with Gasteiger partial charge < -0.3 is 15.7 Å². The standard InChI is InChI=1S/C19H17N7/c20-19(25-23-11-13-9-21-17-7-3-1-5-15(13)17)26-24-12-14-10-22-18-8-4-2-6-16(14)18/h1-12,21-22H,(H3,20,25,26). The van der Waals surface area contributed by atoms with Crippen LogP contribution in [-0.4, -0.2) is 28.4 Å². The van der Waals surface area contributed by atoms with E-state index in [-0.39, 0.29) is 5.96 Å². The molecule has 7 heteroatoms. The summed E-state index contributed by atoms with van der Waals surface area (Å²) in [6, 6.07) is 16.0.